The minimum Gasteiger partial charge on any atom is -0.464 e. The molecule has 1 aliphatic carbocycles. The standard InChI is InChI=1S/C18H17N3O3/c1-11(18-20-16(21-24-18)13-6-7-13)19-17(22)14-8-4-12(5-9-14)15-3-2-10-23-15/h2-5,8-11,13H,6-7H2,1H3,(H,19,22). The van der Waals surface area contributed by atoms with Crippen molar-refractivity contribution in [2.24, 2.45) is 0 Å². The van der Waals surface area contributed by atoms with Gasteiger partial charge in [-0.15, -0.1) is 0 Å². The highest BCUT2D eigenvalue weighted by atomic mass is 16.5. The van der Waals surface area contributed by atoms with E-state index in [-0.39, 0.29) is 11.9 Å². The van der Waals surface area contributed by atoms with Crippen molar-refractivity contribution in [1.82, 2.24) is 15.5 Å². The number of nitrogens with zero attached hydrogens (tertiary/aromatic N) is 2. The molecule has 1 atom stereocenters. The molecule has 0 aliphatic heterocycles. The van der Waals surface area contributed by atoms with Gasteiger partial charge in [0.05, 0.1) is 6.26 Å². The molecule has 0 spiro atoms. The molecular formula is C18H17N3O3. The van der Waals surface area contributed by atoms with Crippen LogP contribution >= 0.6 is 0 Å². The van der Waals surface area contributed by atoms with E-state index in [0.29, 0.717) is 17.4 Å². The van der Waals surface area contributed by atoms with Gasteiger partial charge in [0.25, 0.3) is 5.91 Å². The lowest BCUT2D eigenvalue weighted by Gasteiger charge is -2.10. The molecule has 122 valence electrons. The largest absolute Gasteiger partial charge is 0.464 e. The first-order valence-corrected chi connectivity index (χ1v) is 7.99. The lowest BCUT2D eigenvalue weighted by Crippen LogP contribution is -2.26. The van der Waals surface area contributed by atoms with Crippen LogP contribution in [0.2, 0.25) is 0 Å². The van der Waals surface area contributed by atoms with Crippen molar-refractivity contribution in [3.8, 4) is 11.3 Å². The highest BCUT2D eigenvalue weighted by Gasteiger charge is 2.29. The van der Waals surface area contributed by atoms with E-state index in [4.69, 9.17) is 8.94 Å². The summed E-state index contributed by atoms with van der Waals surface area (Å²) in [4.78, 5) is 16.7. The van der Waals surface area contributed by atoms with Gasteiger partial charge in [0.15, 0.2) is 5.82 Å². The zero-order chi connectivity index (χ0) is 16.5. The van der Waals surface area contributed by atoms with Gasteiger partial charge in [-0.25, -0.2) is 0 Å². The highest BCUT2D eigenvalue weighted by molar-refractivity contribution is 5.94. The molecule has 1 fully saturated rings. The molecule has 1 amide bonds. The number of hydrogen-bond acceptors (Lipinski definition) is 5. The van der Waals surface area contributed by atoms with Crippen LogP contribution in [0.25, 0.3) is 11.3 Å². The Balaban J connectivity index is 1.43. The zero-order valence-corrected chi connectivity index (χ0v) is 13.2. The minimum absolute atomic E-state index is 0.181. The second-order valence-corrected chi connectivity index (χ2v) is 6.01. The Morgan fingerprint density at radius 1 is 1.25 bits per heavy atom. The number of aromatic nitrogens is 2. The van der Waals surface area contributed by atoms with Crippen molar-refractivity contribution in [1.29, 1.82) is 0 Å². The average molecular weight is 323 g/mol. The summed E-state index contributed by atoms with van der Waals surface area (Å²) in [6.07, 6.45) is 3.85. The summed E-state index contributed by atoms with van der Waals surface area (Å²) in [6.45, 7) is 1.83. The Bertz CT molecular complexity index is 833. The van der Waals surface area contributed by atoms with E-state index in [1.807, 2.05) is 31.2 Å². The Morgan fingerprint density at radius 2 is 2.04 bits per heavy atom. The van der Waals surface area contributed by atoms with E-state index < -0.39 is 0 Å². The van der Waals surface area contributed by atoms with E-state index in [2.05, 4.69) is 15.5 Å². The maximum atomic E-state index is 12.4. The number of nitrogens with one attached hydrogen (secondary N) is 1. The van der Waals surface area contributed by atoms with Crippen molar-refractivity contribution in [3.05, 3.63) is 59.9 Å². The third-order valence-corrected chi connectivity index (χ3v) is 4.07. The number of carbonyl (C=O) groups excluding carboxylic acids is 1. The zero-order valence-electron chi connectivity index (χ0n) is 13.2. The van der Waals surface area contributed by atoms with Gasteiger partial charge in [0, 0.05) is 17.0 Å². The van der Waals surface area contributed by atoms with E-state index >= 15 is 0 Å². The molecule has 1 aromatic carbocycles. The topological polar surface area (TPSA) is 81.2 Å². The van der Waals surface area contributed by atoms with Crippen LogP contribution in [0, 0.1) is 0 Å². The minimum atomic E-state index is -0.331. The Morgan fingerprint density at radius 3 is 2.71 bits per heavy atom. The monoisotopic (exact) mass is 323 g/mol. The average Bonchev–Trinajstić information content (AvgIpc) is 3.12. The molecule has 0 bridgehead atoms. The van der Waals surface area contributed by atoms with Crippen LogP contribution in [0.15, 0.2) is 51.6 Å². The molecule has 6 heteroatoms. The maximum absolute atomic E-state index is 12.4. The molecular weight excluding hydrogens is 306 g/mol. The van der Waals surface area contributed by atoms with Crippen LogP contribution < -0.4 is 5.32 Å². The SMILES string of the molecule is CC(NC(=O)c1ccc(-c2ccco2)cc1)c1nc(C2CC2)no1. The summed E-state index contributed by atoms with van der Waals surface area (Å²) in [5.74, 6) is 2.21. The van der Waals surface area contributed by atoms with Crippen LogP contribution in [-0.4, -0.2) is 16.0 Å². The van der Waals surface area contributed by atoms with Gasteiger partial charge < -0.3 is 14.3 Å². The second kappa shape index (κ2) is 5.96. The van der Waals surface area contributed by atoms with Crippen LogP contribution in [0.4, 0.5) is 0 Å². The molecule has 6 nitrogen and oxygen atoms in total. The van der Waals surface area contributed by atoms with Gasteiger partial charge in [-0.2, -0.15) is 4.98 Å². The fourth-order valence-electron chi connectivity index (χ4n) is 2.50. The van der Waals surface area contributed by atoms with Crippen LogP contribution in [0.1, 0.15) is 53.8 Å². The van der Waals surface area contributed by atoms with Crippen LogP contribution in [0.3, 0.4) is 0 Å². The first-order valence-electron chi connectivity index (χ1n) is 7.99. The number of benzene rings is 1. The smallest absolute Gasteiger partial charge is 0.251 e. The number of carbonyl (C=O) groups is 1. The molecule has 2 heterocycles. The summed E-state index contributed by atoms with van der Waals surface area (Å²) in [7, 11) is 0. The molecule has 1 N–H and O–H groups in total. The number of amides is 1. The Hall–Kier alpha value is -2.89. The first-order chi connectivity index (χ1) is 11.7. The molecule has 4 rings (SSSR count). The van der Waals surface area contributed by atoms with Crippen molar-refractivity contribution in [2.45, 2.75) is 31.7 Å². The molecule has 0 saturated heterocycles. The maximum Gasteiger partial charge on any atom is 0.251 e. The van der Waals surface area contributed by atoms with Crippen molar-refractivity contribution >= 4 is 5.91 Å². The number of furan rings is 1. The Labute approximate surface area is 138 Å². The summed E-state index contributed by atoms with van der Waals surface area (Å²) >= 11 is 0. The molecule has 1 unspecified atom stereocenters. The number of hydrogen-bond donors (Lipinski definition) is 1. The molecule has 1 saturated carbocycles. The van der Waals surface area contributed by atoms with Gasteiger partial charge in [0.2, 0.25) is 5.89 Å². The third-order valence-electron chi connectivity index (χ3n) is 4.07. The first kappa shape index (κ1) is 14.7. The fraction of sp³-hybridized carbons (Fsp3) is 0.278. The quantitative estimate of drug-likeness (QED) is 0.774. The van der Waals surface area contributed by atoms with E-state index in [1.165, 1.54) is 0 Å². The van der Waals surface area contributed by atoms with Crippen molar-refractivity contribution in [2.75, 3.05) is 0 Å². The van der Waals surface area contributed by atoms with Crippen molar-refractivity contribution in [3.63, 3.8) is 0 Å². The second-order valence-electron chi connectivity index (χ2n) is 6.01. The van der Waals surface area contributed by atoms with Gasteiger partial charge >= 0.3 is 0 Å². The van der Waals surface area contributed by atoms with Gasteiger partial charge in [-0.05, 0) is 44.0 Å². The fourth-order valence-corrected chi connectivity index (χ4v) is 2.50. The molecule has 1 aliphatic rings. The van der Waals surface area contributed by atoms with Gasteiger partial charge in [-0.3, -0.25) is 4.79 Å². The molecule has 0 radical (unpaired) electrons. The van der Waals surface area contributed by atoms with Crippen LogP contribution in [-0.2, 0) is 0 Å². The summed E-state index contributed by atoms with van der Waals surface area (Å²) < 4.78 is 10.6. The highest BCUT2D eigenvalue weighted by Crippen LogP contribution is 2.38. The lowest BCUT2D eigenvalue weighted by molar-refractivity contribution is 0.0932. The summed E-state index contributed by atoms with van der Waals surface area (Å²) in [5.41, 5.74) is 1.50. The third kappa shape index (κ3) is 2.95. The van der Waals surface area contributed by atoms with Crippen molar-refractivity contribution < 1.29 is 13.7 Å². The molecule has 2 aromatic heterocycles. The summed E-state index contributed by atoms with van der Waals surface area (Å²) in [6, 6.07) is 10.6. The van der Waals surface area contributed by atoms with Gasteiger partial charge in [0.1, 0.15) is 11.8 Å². The van der Waals surface area contributed by atoms with Gasteiger partial charge in [-0.1, -0.05) is 17.3 Å². The van der Waals surface area contributed by atoms with Crippen LogP contribution in [0.5, 0.6) is 0 Å². The van der Waals surface area contributed by atoms with E-state index in [0.717, 1.165) is 30.0 Å². The molecule has 3 aromatic rings. The lowest BCUT2D eigenvalue weighted by atomic mass is 10.1. The normalized spacial score (nSPS) is 15.2. The Kier molecular flexibility index (Phi) is 3.65. The predicted molar refractivity (Wildman–Crippen MR) is 86.3 cm³/mol. The predicted octanol–water partition coefficient (Wildman–Crippen LogP) is 3.70. The van der Waals surface area contributed by atoms with E-state index in [1.54, 1.807) is 18.4 Å². The summed E-state index contributed by atoms with van der Waals surface area (Å²) in [5, 5.41) is 6.85. The van der Waals surface area contributed by atoms with E-state index in [9.17, 15) is 4.79 Å². The number of rotatable bonds is 5. The molecule has 24 heavy (non-hydrogen) atoms.